The number of rotatable bonds is 6. The minimum absolute atomic E-state index is 0.682. The largest absolute Gasteiger partial charge is 0.381 e. The average molecular weight is 219 g/mol. The number of fused-ring (bicyclic) bond motifs is 1. The van der Waals surface area contributed by atoms with Crippen LogP contribution in [0.5, 0.6) is 0 Å². The first-order chi connectivity index (χ1) is 7.90. The summed E-state index contributed by atoms with van der Waals surface area (Å²) in [5.74, 6) is 0. The van der Waals surface area contributed by atoms with Gasteiger partial charge in [0.05, 0.1) is 0 Å². The lowest BCUT2D eigenvalue weighted by Crippen LogP contribution is -2.15. The van der Waals surface area contributed by atoms with Crippen molar-refractivity contribution in [3.05, 3.63) is 24.3 Å². The number of hydrogen-bond donors (Lipinski definition) is 0. The zero-order valence-electron chi connectivity index (χ0n) is 9.59. The molecule has 0 aliphatic rings. The fraction of sp³-hybridized carbons (Fsp3) is 0.500. The summed E-state index contributed by atoms with van der Waals surface area (Å²) in [6.45, 7) is 2.88. The number of unbranched alkanes of at least 4 members (excludes halogenated alkanes) is 3. The van der Waals surface area contributed by atoms with Crippen LogP contribution >= 0.6 is 0 Å². The smallest absolute Gasteiger partial charge is 0.118 e. The third-order valence-electron chi connectivity index (χ3n) is 2.47. The molecule has 0 aliphatic heterocycles. The molecule has 0 radical (unpaired) electrons. The Labute approximate surface area is 95.2 Å². The maximum atomic E-state index is 5.43. The lowest BCUT2D eigenvalue weighted by atomic mass is 10.2. The Morgan fingerprint density at radius 3 is 2.38 bits per heavy atom. The summed E-state index contributed by atoms with van der Waals surface area (Å²) in [7, 11) is 0. The summed E-state index contributed by atoms with van der Waals surface area (Å²) in [5.41, 5.74) is 1.74. The first kappa shape index (κ1) is 10.9. The first-order valence-electron chi connectivity index (χ1n) is 5.85. The number of aromatic nitrogens is 3. The van der Waals surface area contributed by atoms with Gasteiger partial charge in [0.25, 0.3) is 0 Å². The molecule has 0 amide bonds. The Morgan fingerprint density at radius 2 is 1.75 bits per heavy atom. The zero-order valence-corrected chi connectivity index (χ0v) is 9.59. The topological polar surface area (TPSA) is 39.9 Å². The molecular weight excluding hydrogens is 202 g/mol. The average Bonchev–Trinajstić information content (AvgIpc) is 2.71. The van der Waals surface area contributed by atoms with Crippen molar-refractivity contribution in [2.24, 2.45) is 0 Å². The molecule has 4 nitrogen and oxygen atoms in total. The second-order valence-electron chi connectivity index (χ2n) is 3.84. The summed E-state index contributed by atoms with van der Waals surface area (Å²) in [6.07, 6.45) is 4.77. The van der Waals surface area contributed by atoms with Gasteiger partial charge >= 0.3 is 0 Å². The molecule has 0 spiro atoms. The van der Waals surface area contributed by atoms with Crippen LogP contribution in [0.15, 0.2) is 24.3 Å². The molecule has 2 aromatic rings. The van der Waals surface area contributed by atoms with Crippen LogP contribution in [0.4, 0.5) is 0 Å². The van der Waals surface area contributed by atoms with Crippen LogP contribution in [-0.4, -0.2) is 21.8 Å². The summed E-state index contributed by atoms with van der Waals surface area (Å²) >= 11 is 0. The van der Waals surface area contributed by atoms with Gasteiger partial charge in [0.1, 0.15) is 17.6 Å². The lowest BCUT2D eigenvalue weighted by molar-refractivity contribution is 0.0530. The van der Waals surface area contributed by atoms with Gasteiger partial charge in [-0.3, -0.25) is 0 Å². The molecule has 0 atom stereocenters. The number of hydrogen-bond acceptors (Lipinski definition) is 3. The van der Waals surface area contributed by atoms with Gasteiger partial charge in [-0.05, 0) is 29.9 Å². The maximum absolute atomic E-state index is 5.43. The van der Waals surface area contributed by atoms with Gasteiger partial charge in [-0.25, -0.2) is 0 Å². The van der Waals surface area contributed by atoms with Gasteiger partial charge in [-0.2, -0.15) is 0 Å². The van der Waals surface area contributed by atoms with E-state index in [1.807, 2.05) is 24.3 Å². The molecule has 0 unspecified atom stereocenters. The number of benzene rings is 1. The highest BCUT2D eigenvalue weighted by Gasteiger charge is 2.00. The van der Waals surface area contributed by atoms with Crippen LogP contribution < -0.4 is 4.84 Å². The van der Waals surface area contributed by atoms with Crippen molar-refractivity contribution in [2.75, 3.05) is 6.61 Å². The molecule has 0 aliphatic carbocycles. The van der Waals surface area contributed by atoms with Crippen molar-refractivity contribution >= 4 is 11.0 Å². The normalized spacial score (nSPS) is 10.8. The van der Waals surface area contributed by atoms with Gasteiger partial charge in [-0.1, -0.05) is 31.9 Å². The molecule has 2 rings (SSSR count). The van der Waals surface area contributed by atoms with Crippen molar-refractivity contribution in [3.63, 3.8) is 0 Å². The summed E-state index contributed by atoms with van der Waals surface area (Å²) in [6, 6.07) is 7.75. The predicted molar refractivity (Wildman–Crippen MR) is 63.1 cm³/mol. The van der Waals surface area contributed by atoms with Crippen molar-refractivity contribution in [1.82, 2.24) is 15.2 Å². The van der Waals surface area contributed by atoms with E-state index < -0.39 is 0 Å². The third-order valence-corrected chi connectivity index (χ3v) is 2.47. The van der Waals surface area contributed by atoms with Crippen LogP contribution in [0.3, 0.4) is 0 Å². The van der Waals surface area contributed by atoms with Crippen molar-refractivity contribution in [1.29, 1.82) is 0 Å². The van der Waals surface area contributed by atoms with E-state index in [1.54, 1.807) is 0 Å². The van der Waals surface area contributed by atoms with Crippen molar-refractivity contribution < 1.29 is 4.84 Å². The van der Waals surface area contributed by atoms with Crippen molar-refractivity contribution in [2.45, 2.75) is 32.6 Å². The van der Waals surface area contributed by atoms with Gasteiger partial charge in [0.2, 0.25) is 0 Å². The van der Waals surface area contributed by atoms with Crippen LogP contribution in [0.1, 0.15) is 32.6 Å². The minimum Gasteiger partial charge on any atom is -0.381 e. The van der Waals surface area contributed by atoms with Gasteiger partial charge in [0, 0.05) is 0 Å². The summed E-state index contributed by atoms with van der Waals surface area (Å²) < 4.78 is 0. The molecule has 4 heteroatoms. The van der Waals surface area contributed by atoms with E-state index in [0.717, 1.165) is 17.5 Å². The maximum Gasteiger partial charge on any atom is 0.118 e. The quantitative estimate of drug-likeness (QED) is 0.700. The third kappa shape index (κ3) is 2.72. The van der Waals surface area contributed by atoms with Gasteiger partial charge in [0.15, 0.2) is 0 Å². The molecule has 0 N–H and O–H groups in total. The first-order valence-corrected chi connectivity index (χ1v) is 5.85. The second-order valence-corrected chi connectivity index (χ2v) is 3.84. The van der Waals surface area contributed by atoms with Crippen LogP contribution in [-0.2, 0) is 0 Å². The van der Waals surface area contributed by atoms with E-state index in [9.17, 15) is 0 Å². The Balaban J connectivity index is 1.85. The molecule has 0 fully saturated rings. The molecule has 16 heavy (non-hydrogen) atoms. The molecule has 1 aromatic carbocycles. The highest BCUT2D eigenvalue weighted by Crippen LogP contribution is 2.06. The Morgan fingerprint density at radius 1 is 1.06 bits per heavy atom. The van der Waals surface area contributed by atoms with E-state index in [-0.39, 0.29) is 0 Å². The highest BCUT2D eigenvalue weighted by atomic mass is 16.7. The fourth-order valence-electron chi connectivity index (χ4n) is 1.57. The van der Waals surface area contributed by atoms with E-state index in [0.29, 0.717) is 6.61 Å². The molecule has 1 aromatic heterocycles. The lowest BCUT2D eigenvalue weighted by Gasteiger charge is -2.01. The molecule has 0 bridgehead atoms. The van der Waals surface area contributed by atoms with Crippen LogP contribution in [0, 0.1) is 0 Å². The molecule has 1 heterocycles. The highest BCUT2D eigenvalue weighted by molar-refractivity contribution is 5.72. The van der Waals surface area contributed by atoms with Gasteiger partial charge in [-0.15, -0.1) is 10.2 Å². The zero-order chi connectivity index (χ0) is 11.2. The SMILES string of the molecule is CCCCCCOn1nc2ccccc2n1. The monoisotopic (exact) mass is 219 g/mol. The molecular formula is C12H17N3O. The molecule has 0 saturated carbocycles. The molecule has 86 valence electrons. The number of nitrogens with zero attached hydrogens (tertiary/aromatic N) is 3. The van der Waals surface area contributed by atoms with E-state index >= 15 is 0 Å². The fourth-order valence-corrected chi connectivity index (χ4v) is 1.57. The Kier molecular flexibility index (Phi) is 3.75. The van der Waals surface area contributed by atoms with E-state index in [2.05, 4.69) is 17.1 Å². The van der Waals surface area contributed by atoms with Crippen molar-refractivity contribution in [3.8, 4) is 0 Å². The predicted octanol–water partition coefficient (Wildman–Crippen LogP) is 2.44. The standard InChI is InChI=1S/C12H17N3O/c1-2-3-4-7-10-16-15-13-11-8-5-6-9-12(11)14-15/h5-6,8-9H,2-4,7,10H2,1H3. The summed E-state index contributed by atoms with van der Waals surface area (Å²) in [4.78, 5) is 6.76. The summed E-state index contributed by atoms with van der Waals surface area (Å²) in [5, 5.41) is 8.43. The second kappa shape index (κ2) is 5.49. The van der Waals surface area contributed by atoms with E-state index in [4.69, 9.17) is 4.84 Å². The molecule has 0 saturated heterocycles. The Bertz CT molecular complexity index is 406. The van der Waals surface area contributed by atoms with E-state index in [1.165, 1.54) is 24.2 Å². The van der Waals surface area contributed by atoms with Crippen LogP contribution in [0.2, 0.25) is 0 Å². The Hall–Kier alpha value is -1.58. The van der Waals surface area contributed by atoms with Gasteiger partial charge < -0.3 is 4.84 Å². The minimum atomic E-state index is 0.682. The van der Waals surface area contributed by atoms with Crippen LogP contribution in [0.25, 0.3) is 11.0 Å².